The molecule has 4 nitrogen and oxygen atoms in total. The molecule has 1 aromatic heterocycles. The molecule has 3 rings (SSSR count). The van der Waals surface area contributed by atoms with Crippen LogP contribution < -0.4 is 5.32 Å². The van der Waals surface area contributed by atoms with Gasteiger partial charge in [0.25, 0.3) is 10.0 Å². The van der Waals surface area contributed by atoms with Gasteiger partial charge in [-0.3, -0.25) is 0 Å². The molecule has 8 heteroatoms. The van der Waals surface area contributed by atoms with Crippen LogP contribution in [0.25, 0.3) is 0 Å². The van der Waals surface area contributed by atoms with E-state index >= 15 is 0 Å². The van der Waals surface area contributed by atoms with E-state index in [0.717, 1.165) is 37.9 Å². The number of thiophene rings is 1. The zero-order valence-corrected chi connectivity index (χ0v) is 14.3. The van der Waals surface area contributed by atoms with E-state index < -0.39 is 10.0 Å². The molecule has 20 heavy (non-hydrogen) atoms. The third kappa shape index (κ3) is 2.74. The van der Waals surface area contributed by atoms with Gasteiger partial charge in [-0.05, 0) is 44.4 Å². The van der Waals surface area contributed by atoms with Crippen molar-refractivity contribution in [3.8, 4) is 0 Å². The fourth-order valence-corrected chi connectivity index (χ4v) is 6.71. The van der Waals surface area contributed by atoms with E-state index in [2.05, 4.69) is 5.32 Å². The molecule has 0 radical (unpaired) electrons. The number of hydrogen-bond acceptors (Lipinski definition) is 4. The quantitative estimate of drug-likeness (QED) is 0.885. The molecule has 1 aromatic rings. The number of halogens is 2. The van der Waals surface area contributed by atoms with Crippen molar-refractivity contribution in [1.29, 1.82) is 0 Å². The van der Waals surface area contributed by atoms with Gasteiger partial charge in [-0.1, -0.05) is 11.6 Å². The van der Waals surface area contributed by atoms with Gasteiger partial charge in [-0.25, -0.2) is 8.42 Å². The van der Waals surface area contributed by atoms with Crippen molar-refractivity contribution in [2.24, 2.45) is 0 Å². The highest BCUT2D eigenvalue weighted by Gasteiger charge is 2.43. The van der Waals surface area contributed by atoms with E-state index in [9.17, 15) is 8.42 Å². The average Bonchev–Trinajstić information content (AvgIpc) is 2.80. The summed E-state index contributed by atoms with van der Waals surface area (Å²) in [7, 11) is -3.40. The van der Waals surface area contributed by atoms with Crippen LogP contribution in [0.3, 0.4) is 0 Å². The molecule has 0 aromatic carbocycles. The molecule has 2 saturated heterocycles. The summed E-state index contributed by atoms with van der Waals surface area (Å²) in [5.74, 6) is 0. The van der Waals surface area contributed by atoms with Gasteiger partial charge in [0.15, 0.2) is 0 Å². The smallest absolute Gasteiger partial charge is 0.253 e. The maximum absolute atomic E-state index is 12.8. The van der Waals surface area contributed by atoms with E-state index in [1.54, 1.807) is 10.4 Å². The normalized spacial score (nSPS) is 27.1. The minimum atomic E-state index is -3.40. The van der Waals surface area contributed by atoms with Crippen LogP contribution in [0.1, 0.15) is 24.8 Å². The number of aryl methyl sites for hydroxylation is 1. The predicted molar refractivity (Wildman–Crippen MR) is 84.6 cm³/mol. The van der Waals surface area contributed by atoms with Gasteiger partial charge < -0.3 is 5.32 Å². The molecule has 2 aliphatic heterocycles. The third-order valence-electron chi connectivity index (χ3n) is 3.95. The van der Waals surface area contributed by atoms with Gasteiger partial charge in [0, 0.05) is 18.6 Å². The Morgan fingerprint density at radius 1 is 1.35 bits per heavy atom. The molecular weight excluding hydrogens is 339 g/mol. The van der Waals surface area contributed by atoms with Crippen LogP contribution in [0.4, 0.5) is 0 Å². The Balaban J connectivity index is 0.00000147. The Kier molecular flexibility index (Phi) is 5.04. The highest BCUT2D eigenvalue weighted by atomic mass is 35.5. The first-order chi connectivity index (χ1) is 9.00. The van der Waals surface area contributed by atoms with E-state index in [1.165, 1.54) is 11.3 Å². The van der Waals surface area contributed by atoms with Gasteiger partial charge in [0.05, 0.1) is 4.34 Å². The zero-order chi connectivity index (χ0) is 13.6. The first-order valence-electron chi connectivity index (χ1n) is 6.50. The second-order valence-corrected chi connectivity index (χ2v) is 8.96. The maximum Gasteiger partial charge on any atom is 0.253 e. The zero-order valence-electron chi connectivity index (χ0n) is 11.1. The summed E-state index contributed by atoms with van der Waals surface area (Å²) in [6.45, 7) is 3.50. The van der Waals surface area contributed by atoms with E-state index in [1.807, 2.05) is 6.92 Å². The number of hydrogen-bond donors (Lipinski definition) is 1. The van der Waals surface area contributed by atoms with Gasteiger partial charge in [0.1, 0.15) is 4.21 Å². The van der Waals surface area contributed by atoms with Crippen molar-refractivity contribution in [3.63, 3.8) is 0 Å². The number of nitrogens with one attached hydrogen (secondary N) is 1. The lowest BCUT2D eigenvalue weighted by molar-refractivity contribution is 0.335. The molecule has 2 aliphatic rings. The van der Waals surface area contributed by atoms with Crippen LogP contribution in [-0.2, 0) is 10.0 Å². The monoisotopic (exact) mass is 356 g/mol. The number of fused-ring (bicyclic) bond motifs is 2. The third-order valence-corrected chi connectivity index (χ3v) is 7.96. The molecule has 0 saturated carbocycles. The Morgan fingerprint density at radius 2 is 2.05 bits per heavy atom. The second kappa shape index (κ2) is 6.10. The minimum Gasteiger partial charge on any atom is -0.315 e. The van der Waals surface area contributed by atoms with Crippen molar-refractivity contribution in [1.82, 2.24) is 9.62 Å². The molecule has 2 atom stereocenters. The van der Waals surface area contributed by atoms with Crippen LogP contribution in [0.2, 0.25) is 4.34 Å². The predicted octanol–water partition coefficient (Wildman–Crippen LogP) is 2.65. The van der Waals surface area contributed by atoms with Crippen LogP contribution >= 0.6 is 35.3 Å². The summed E-state index contributed by atoms with van der Waals surface area (Å²) in [6, 6.07) is 1.94. The molecule has 2 bridgehead atoms. The number of nitrogens with zero attached hydrogens (tertiary/aromatic N) is 1. The fraction of sp³-hybridized carbons (Fsp3) is 0.667. The van der Waals surface area contributed by atoms with E-state index in [-0.39, 0.29) is 24.5 Å². The minimum absolute atomic E-state index is 0. The van der Waals surface area contributed by atoms with Gasteiger partial charge in [0.2, 0.25) is 0 Å². The van der Waals surface area contributed by atoms with E-state index in [4.69, 9.17) is 11.6 Å². The van der Waals surface area contributed by atoms with Crippen LogP contribution in [-0.4, -0.2) is 37.9 Å². The number of sulfonamides is 1. The van der Waals surface area contributed by atoms with Crippen molar-refractivity contribution in [3.05, 3.63) is 16.0 Å². The van der Waals surface area contributed by atoms with Gasteiger partial charge in [-0.15, -0.1) is 23.7 Å². The standard InChI is InChI=1S/C12H17ClN2O2S2.ClH/c1-8-6-11(18-12(8)13)19(16,17)15-9-2-3-10(15)7-14-5-4-9;/h6,9-10,14H,2-5,7H2,1H3;1H. The molecule has 114 valence electrons. The van der Waals surface area contributed by atoms with Crippen LogP contribution in [0, 0.1) is 6.92 Å². The van der Waals surface area contributed by atoms with Crippen LogP contribution in [0.5, 0.6) is 0 Å². The highest BCUT2D eigenvalue weighted by molar-refractivity contribution is 7.91. The maximum atomic E-state index is 12.8. The van der Waals surface area contributed by atoms with Crippen molar-refractivity contribution in [2.45, 2.75) is 42.5 Å². The lowest BCUT2D eigenvalue weighted by Gasteiger charge is -2.26. The Hall–Kier alpha value is 0.150. The topological polar surface area (TPSA) is 49.4 Å². The molecule has 0 amide bonds. The molecule has 3 heterocycles. The molecule has 0 spiro atoms. The van der Waals surface area contributed by atoms with Crippen LogP contribution in [0.15, 0.2) is 10.3 Å². The molecular formula is C12H18Cl2N2O2S2. The van der Waals surface area contributed by atoms with Gasteiger partial charge >= 0.3 is 0 Å². The second-order valence-electron chi connectivity index (χ2n) is 5.23. The lowest BCUT2D eigenvalue weighted by Crippen LogP contribution is -2.42. The Morgan fingerprint density at radius 3 is 2.70 bits per heavy atom. The van der Waals surface area contributed by atoms with Crippen molar-refractivity contribution >= 4 is 45.4 Å². The van der Waals surface area contributed by atoms with Crippen molar-refractivity contribution < 1.29 is 8.42 Å². The largest absolute Gasteiger partial charge is 0.315 e. The molecule has 0 aliphatic carbocycles. The molecule has 2 unspecified atom stereocenters. The number of rotatable bonds is 2. The summed E-state index contributed by atoms with van der Waals surface area (Å²) in [5, 5.41) is 3.32. The Labute approximate surface area is 135 Å². The molecule has 1 N–H and O–H groups in total. The highest BCUT2D eigenvalue weighted by Crippen LogP contribution is 2.38. The van der Waals surface area contributed by atoms with Crippen molar-refractivity contribution in [2.75, 3.05) is 13.1 Å². The summed E-state index contributed by atoms with van der Waals surface area (Å²) in [4.78, 5) is 0. The SMILES string of the molecule is Cc1cc(S(=O)(=O)N2C3CCNCC2CC3)sc1Cl.Cl. The Bertz CT molecular complexity index is 555. The first kappa shape index (κ1) is 16.5. The summed E-state index contributed by atoms with van der Waals surface area (Å²) >= 11 is 7.19. The van der Waals surface area contributed by atoms with Gasteiger partial charge in [-0.2, -0.15) is 4.31 Å². The summed E-state index contributed by atoms with van der Waals surface area (Å²) < 4.78 is 28.3. The summed E-state index contributed by atoms with van der Waals surface area (Å²) in [5.41, 5.74) is 0.838. The fourth-order valence-electron chi connectivity index (χ4n) is 2.99. The molecule has 2 fully saturated rings. The average molecular weight is 357 g/mol. The lowest BCUT2D eigenvalue weighted by atomic mass is 10.1. The first-order valence-corrected chi connectivity index (χ1v) is 9.14. The summed E-state index contributed by atoms with van der Waals surface area (Å²) in [6.07, 6.45) is 2.83. The van der Waals surface area contributed by atoms with E-state index in [0.29, 0.717) is 8.55 Å².